The number of hydrogen-bond acceptors (Lipinski definition) is 5. The van der Waals surface area contributed by atoms with E-state index in [0.717, 1.165) is 4.31 Å². The minimum atomic E-state index is -3.65. The van der Waals surface area contributed by atoms with Crippen LogP contribution in [0.5, 0.6) is 0 Å². The first kappa shape index (κ1) is 14.5. The Hall–Kier alpha value is -1.89. The zero-order valence-corrected chi connectivity index (χ0v) is 11.8. The van der Waals surface area contributed by atoms with Crippen molar-refractivity contribution in [1.29, 1.82) is 0 Å². The number of amides is 1. The molecule has 2 rings (SSSR count). The summed E-state index contributed by atoms with van der Waals surface area (Å²) < 4.78 is 29.7. The Labute approximate surface area is 117 Å². The highest BCUT2D eigenvalue weighted by molar-refractivity contribution is 7.88. The molecule has 108 valence electrons. The molecule has 0 N–H and O–H groups in total. The van der Waals surface area contributed by atoms with Crippen molar-refractivity contribution in [2.45, 2.75) is 12.7 Å². The molecular formula is C13H15NO5S. The largest absolute Gasteiger partial charge is 0.465 e. The Bertz CT molecular complexity index is 611. The number of β-lactam (4-membered cyclic amide) rings is 1. The number of ether oxygens (including phenoxy) is 1. The van der Waals surface area contributed by atoms with Gasteiger partial charge in [0.05, 0.1) is 18.2 Å². The van der Waals surface area contributed by atoms with E-state index in [2.05, 4.69) is 0 Å². The van der Waals surface area contributed by atoms with Gasteiger partial charge in [0.25, 0.3) is 0 Å². The molecule has 1 aromatic rings. The number of esters is 1. The van der Waals surface area contributed by atoms with Crippen LogP contribution in [0, 0.1) is 5.92 Å². The lowest BCUT2D eigenvalue weighted by atomic mass is 10.0. The molecule has 1 unspecified atom stereocenters. The fourth-order valence-electron chi connectivity index (χ4n) is 1.91. The summed E-state index contributed by atoms with van der Waals surface area (Å²) in [5.74, 6) is -1.75. The molecule has 6 nitrogen and oxygen atoms in total. The monoisotopic (exact) mass is 297 g/mol. The van der Waals surface area contributed by atoms with Gasteiger partial charge in [0, 0.05) is 6.92 Å². The van der Waals surface area contributed by atoms with E-state index in [1.165, 1.54) is 6.92 Å². The molecule has 0 aromatic heterocycles. The maximum Gasteiger partial charge on any atom is 0.302 e. The number of hydrogen-bond donors (Lipinski definition) is 0. The van der Waals surface area contributed by atoms with Crippen molar-refractivity contribution in [2.24, 2.45) is 5.92 Å². The fraction of sp³-hybridized carbons (Fsp3) is 0.385. The van der Waals surface area contributed by atoms with Gasteiger partial charge in [0.2, 0.25) is 15.9 Å². The molecule has 1 atom stereocenters. The second-order valence-corrected chi connectivity index (χ2v) is 6.50. The first-order valence-corrected chi connectivity index (χ1v) is 7.72. The van der Waals surface area contributed by atoms with Gasteiger partial charge < -0.3 is 4.74 Å². The van der Waals surface area contributed by atoms with E-state index >= 15 is 0 Å². The second-order valence-electron chi connectivity index (χ2n) is 4.61. The van der Waals surface area contributed by atoms with Gasteiger partial charge in [0.15, 0.2) is 0 Å². The quantitative estimate of drug-likeness (QED) is 0.585. The second kappa shape index (κ2) is 5.62. The number of carbonyl (C=O) groups excluding carboxylic acids is 2. The van der Waals surface area contributed by atoms with Crippen LogP contribution in [-0.4, -0.2) is 37.8 Å². The highest BCUT2D eigenvalue weighted by atomic mass is 32.2. The Morgan fingerprint density at radius 1 is 1.35 bits per heavy atom. The average Bonchev–Trinajstić information content (AvgIpc) is 2.36. The maximum absolute atomic E-state index is 12.1. The predicted molar refractivity (Wildman–Crippen MR) is 70.9 cm³/mol. The summed E-state index contributed by atoms with van der Waals surface area (Å²) in [4.78, 5) is 22.4. The van der Waals surface area contributed by atoms with Gasteiger partial charge >= 0.3 is 5.97 Å². The van der Waals surface area contributed by atoms with Crippen LogP contribution in [0.1, 0.15) is 12.5 Å². The van der Waals surface area contributed by atoms with Gasteiger partial charge in [0.1, 0.15) is 6.61 Å². The molecule has 7 heteroatoms. The third-order valence-corrected chi connectivity index (χ3v) is 4.70. The maximum atomic E-state index is 12.1. The van der Waals surface area contributed by atoms with Crippen molar-refractivity contribution in [3.05, 3.63) is 35.9 Å². The first-order valence-electron chi connectivity index (χ1n) is 6.11. The van der Waals surface area contributed by atoms with Crippen LogP contribution in [0.2, 0.25) is 0 Å². The Morgan fingerprint density at radius 3 is 2.55 bits per heavy atom. The van der Waals surface area contributed by atoms with Gasteiger partial charge in [-0.3, -0.25) is 9.59 Å². The molecule has 1 fully saturated rings. The molecule has 1 aromatic carbocycles. The molecule has 0 saturated carbocycles. The number of rotatable bonds is 5. The van der Waals surface area contributed by atoms with Crippen LogP contribution in [0.4, 0.5) is 0 Å². The van der Waals surface area contributed by atoms with Crippen molar-refractivity contribution in [2.75, 3.05) is 13.2 Å². The molecule has 1 amide bonds. The summed E-state index contributed by atoms with van der Waals surface area (Å²) in [6.45, 7) is 1.25. The summed E-state index contributed by atoms with van der Waals surface area (Å²) >= 11 is 0. The van der Waals surface area contributed by atoms with Crippen molar-refractivity contribution in [1.82, 2.24) is 4.31 Å². The van der Waals surface area contributed by atoms with E-state index in [1.807, 2.05) is 0 Å². The van der Waals surface area contributed by atoms with Crippen LogP contribution in [0.15, 0.2) is 30.3 Å². The molecule has 1 aliphatic heterocycles. The van der Waals surface area contributed by atoms with Gasteiger partial charge in [-0.05, 0) is 5.56 Å². The zero-order valence-electron chi connectivity index (χ0n) is 11.0. The summed E-state index contributed by atoms with van der Waals surface area (Å²) in [5.41, 5.74) is 0.628. The van der Waals surface area contributed by atoms with Gasteiger partial charge in [-0.15, -0.1) is 0 Å². The summed E-state index contributed by atoms with van der Waals surface area (Å²) in [6, 6.07) is 8.66. The normalized spacial score (nSPS) is 18.6. The minimum absolute atomic E-state index is 0.0640. The highest BCUT2D eigenvalue weighted by Gasteiger charge is 2.44. The lowest BCUT2D eigenvalue weighted by Gasteiger charge is -2.36. The van der Waals surface area contributed by atoms with E-state index in [4.69, 9.17) is 4.74 Å². The van der Waals surface area contributed by atoms with Gasteiger partial charge in [-0.2, -0.15) is 0 Å². The average molecular weight is 297 g/mol. The molecule has 0 radical (unpaired) electrons. The van der Waals surface area contributed by atoms with Crippen molar-refractivity contribution >= 4 is 21.9 Å². The van der Waals surface area contributed by atoms with Crippen molar-refractivity contribution < 1.29 is 22.7 Å². The SMILES string of the molecule is CC(=O)OCC1CN(S(=O)(=O)Cc2ccccc2)C1=O. The fourth-order valence-corrected chi connectivity index (χ4v) is 3.51. The molecule has 1 heterocycles. The third kappa shape index (κ3) is 3.16. The molecule has 1 aliphatic rings. The molecule has 1 saturated heterocycles. The van der Waals surface area contributed by atoms with Crippen LogP contribution in [-0.2, 0) is 30.1 Å². The number of benzene rings is 1. The predicted octanol–water partition coefficient (Wildman–Crippen LogP) is 0.538. The minimum Gasteiger partial charge on any atom is -0.465 e. The summed E-state index contributed by atoms with van der Waals surface area (Å²) in [5, 5.41) is 0. The topological polar surface area (TPSA) is 80.8 Å². The van der Waals surface area contributed by atoms with Crippen LogP contribution in [0.3, 0.4) is 0 Å². The smallest absolute Gasteiger partial charge is 0.302 e. The Morgan fingerprint density at radius 2 is 2.00 bits per heavy atom. The summed E-state index contributed by atoms with van der Waals surface area (Å²) in [6.07, 6.45) is 0. The van der Waals surface area contributed by atoms with Gasteiger partial charge in [-0.1, -0.05) is 30.3 Å². The Kier molecular flexibility index (Phi) is 4.08. The van der Waals surface area contributed by atoms with Crippen LogP contribution in [0.25, 0.3) is 0 Å². The molecule has 0 aliphatic carbocycles. The van der Waals surface area contributed by atoms with Crippen molar-refractivity contribution in [3.63, 3.8) is 0 Å². The van der Waals surface area contributed by atoms with Crippen LogP contribution < -0.4 is 0 Å². The lowest BCUT2D eigenvalue weighted by Crippen LogP contribution is -2.56. The van der Waals surface area contributed by atoms with E-state index < -0.39 is 27.8 Å². The van der Waals surface area contributed by atoms with Crippen molar-refractivity contribution in [3.8, 4) is 0 Å². The van der Waals surface area contributed by atoms with E-state index in [-0.39, 0.29) is 18.9 Å². The van der Waals surface area contributed by atoms with E-state index in [9.17, 15) is 18.0 Å². The standard InChI is InChI=1S/C13H15NO5S/c1-10(15)19-8-12-7-14(13(12)16)20(17,18)9-11-5-3-2-4-6-11/h2-6,12H,7-9H2,1H3. The summed E-state index contributed by atoms with van der Waals surface area (Å²) in [7, 11) is -3.65. The highest BCUT2D eigenvalue weighted by Crippen LogP contribution is 2.24. The zero-order chi connectivity index (χ0) is 14.8. The molecule has 0 bridgehead atoms. The van der Waals surface area contributed by atoms with Gasteiger partial charge in [-0.25, -0.2) is 12.7 Å². The van der Waals surface area contributed by atoms with Crippen LogP contribution >= 0.6 is 0 Å². The number of sulfonamides is 1. The van der Waals surface area contributed by atoms with E-state index in [0.29, 0.717) is 5.56 Å². The lowest BCUT2D eigenvalue weighted by molar-refractivity contribution is -0.150. The first-order chi connectivity index (χ1) is 9.40. The number of nitrogens with zero attached hydrogens (tertiary/aromatic N) is 1. The Balaban J connectivity index is 1.96. The molecule has 0 spiro atoms. The molecular weight excluding hydrogens is 282 g/mol. The molecule has 20 heavy (non-hydrogen) atoms. The number of carbonyl (C=O) groups is 2. The van der Waals surface area contributed by atoms with E-state index in [1.54, 1.807) is 30.3 Å². The third-order valence-electron chi connectivity index (χ3n) is 3.00.